The SMILES string of the molecule is Cc1nc(C(=O)NC(C(N)=NO)C(C)C)cs1. The van der Waals surface area contributed by atoms with Gasteiger partial charge < -0.3 is 16.3 Å². The number of oxime groups is 1. The molecule has 6 nitrogen and oxygen atoms in total. The van der Waals surface area contributed by atoms with E-state index in [1.54, 1.807) is 5.38 Å². The molecule has 0 aliphatic carbocycles. The van der Waals surface area contributed by atoms with Crippen molar-refractivity contribution in [2.75, 3.05) is 0 Å². The first-order valence-electron chi connectivity index (χ1n) is 5.16. The summed E-state index contributed by atoms with van der Waals surface area (Å²) in [5.41, 5.74) is 5.87. The Morgan fingerprint density at radius 3 is 2.71 bits per heavy atom. The van der Waals surface area contributed by atoms with Gasteiger partial charge in [0, 0.05) is 5.38 Å². The number of aromatic nitrogens is 1. The maximum Gasteiger partial charge on any atom is 0.271 e. The molecule has 0 radical (unpaired) electrons. The topological polar surface area (TPSA) is 101 Å². The van der Waals surface area contributed by atoms with E-state index in [-0.39, 0.29) is 17.7 Å². The first-order valence-corrected chi connectivity index (χ1v) is 6.04. The van der Waals surface area contributed by atoms with Crippen molar-refractivity contribution >= 4 is 23.1 Å². The smallest absolute Gasteiger partial charge is 0.271 e. The minimum absolute atomic E-state index is 0.0136. The molecule has 1 aromatic heterocycles. The lowest BCUT2D eigenvalue weighted by Gasteiger charge is -2.20. The van der Waals surface area contributed by atoms with Crippen molar-refractivity contribution in [3.63, 3.8) is 0 Å². The second-order valence-electron chi connectivity index (χ2n) is 3.97. The van der Waals surface area contributed by atoms with Gasteiger partial charge in [-0.25, -0.2) is 4.98 Å². The molecular formula is C10H16N4O2S. The number of amides is 1. The summed E-state index contributed by atoms with van der Waals surface area (Å²) in [6.07, 6.45) is 0. The van der Waals surface area contributed by atoms with Gasteiger partial charge in [-0.1, -0.05) is 19.0 Å². The van der Waals surface area contributed by atoms with Crippen molar-refractivity contribution in [1.82, 2.24) is 10.3 Å². The summed E-state index contributed by atoms with van der Waals surface area (Å²) in [7, 11) is 0. The average molecular weight is 256 g/mol. The van der Waals surface area contributed by atoms with Crippen molar-refractivity contribution < 1.29 is 10.0 Å². The van der Waals surface area contributed by atoms with E-state index < -0.39 is 6.04 Å². The quantitative estimate of drug-likeness (QED) is 0.323. The highest BCUT2D eigenvalue weighted by atomic mass is 32.1. The number of hydrogen-bond donors (Lipinski definition) is 3. The van der Waals surface area contributed by atoms with Crippen molar-refractivity contribution in [2.45, 2.75) is 26.8 Å². The maximum atomic E-state index is 11.8. The summed E-state index contributed by atoms with van der Waals surface area (Å²) in [6, 6.07) is -0.505. The molecule has 17 heavy (non-hydrogen) atoms. The van der Waals surface area contributed by atoms with Crippen molar-refractivity contribution in [1.29, 1.82) is 0 Å². The Kier molecular flexibility index (Phi) is 4.45. The molecule has 4 N–H and O–H groups in total. The monoisotopic (exact) mass is 256 g/mol. The Morgan fingerprint density at radius 1 is 1.65 bits per heavy atom. The molecule has 0 spiro atoms. The van der Waals surface area contributed by atoms with E-state index in [0.717, 1.165) is 5.01 Å². The first-order chi connectivity index (χ1) is 7.95. The van der Waals surface area contributed by atoms with Gasteiger partial charge in [-0.15, -0.1) is 11.3 Å². The van der Waals surface area contributed by atoms with Gasteiger partial charge in [0.2, 0.25) is 0 Å². The zero-order chi connectivity index (χ0) is 13.0. The van der Waals surface area contributed by atoms with Crippen LogP contribution in [0.15, 0.2) is 10.5 Å². The number of carbonyl (C=O) groups is 1. The summed E-state index contributed by atoms with van der Waals surface area (Å²) >= 11 is 1.40. The number of aryl methyl sites for hydroxylation is 1. The number of hydrogen-bond acceptors (Lipinski definition) is 5. The van der Waals surface area contributed by atoms with E-state index in [1.165, 1.54) is 11.3 Å². The maximum absolute atomic E-state index is 11.8. The lowest BCUT2D eigenvalue weighted by molar-refractivity contribution is 0.0934. The lowest BCUT2D eigenvalue weighted by atomic mass is 10.0. The largest absolute Gasteiger partial charge is 0.409 e. The Hall–Kier alpha value is -1.63. The Balaban J connectivity index is 2.78. The standard InChI is InChI=1S/C10H16N4O2S/c1-5(2)8(9(11)14-16)13-10(15)7-4-17-6(3)12-7/h4-5,8,16H,1-3H3,(H2,11,14)(H,13,15). The van der Waals surface area contributed by atoms with Crippen LogP contribution in [0.1, 0.15) is 29.3 Å². The van der Waals surface area contributed by atoms with Crippen LogP contribution in [0.4, 0.5) is 0 Å². The Morgan fingerprint density at radius 2 is 2.29 bits per heavy atom. The van der Waals surface area contributed by atoms with Crippen molar-refractivity contribution in [3.05, 3.63) is 16.1 Å². The molecule has 0 bridgehead atoms. The van der Waals surface area contributed by atoms with Gasteiger partial charge in [-0.3, -0.25) is 4.79 Å². The second kappa shape index (κ2) is 5.62. The van der Waals surface area contributed by atoms with E-state index in [9.17, 15) is 4.79 Å². The molecular weight excluding hydrogens is 240 g/mol. The van der Waals surface area contributed by atoms with E-state index in [0.29, 0.717) is 5.69 Å². The van der Waals surface area contributed by atoms with Crippen LogP contribution in [0, 0.1) is 12.8 Å². The number of thiazole rings is 1. The third-order valence-corrected chi connectivity index (χ3v) is 3.01. The molecule has 1 rings (SSSR count). The number of rotatable bonds is 4. The van der Waals surface area contributed by atoms with Gasteiger partial charge in [0.15, 0.2) is 5.84 Å². The molecule has 0 aliphatic heterocycles. The summed E-state index contributed by atoms with van der Waals surface area (Å²) in [4.78, 5) is 15.9. The van der Waals surface area contributed by atoms with Crippen LogP contribution in [0.3, 0.4) is 0 Å². The lowest BCUT2D eigenvalue weighted by Crippen LogP contribution is -2.47. The minimum atomic E-state index is -0.505. The molecule has 1 aromatic rings. The summed E-state index contributed by atoms with van der Waals surface area (Å²) in [6.45, 7) is 5.56. The van der Waals surface area contributed by atoms with Crippen LogP contribution < -0.4 is 11.1 Å². The summed E-state index contributed by atoms with van der Waals surface area (Å²) < 4.78 is 0. The molecule has 1 atom stereocenters. The number of amidine groups is 1. The van der Waals surface area contributed by atoms with Gasteiger partial charge in [-0.2, -0.15) is 0 Å². The molecule has 0 fully saturated rings. The zero-order valence-electron chi connectivity index (χ0n) is 9.97. The molecule has 7 heteroatoms. The van der Waals surface area contributed by atoms with E-state index in [2.05, 4.69) is 15.5 Å². The van der Waals surface area contributed by atoms with E-state index >= 15 is 0 Å². The number of carbonyl (C=O) groups excluding carboxylic acids is 1. The molecule has 0 saturated carbocycles. The normalized spacial score (nSPS) is 13.8. The van der Waals surface area contributed by atoms with Gasteiger partial charge in [0.25, 0.3) is 5.91 Å². The summed E-state index contributed by atoms with van der Waals surface area (Å²) in [5, 5.41) is 16.7. The van der Waals surface area contributed by atoms with Crippen LogP contribution >= 0.6 is 11.3 Å². The molecule has 1 heterocycles. The van der Waals surface area contributed by atoms with Gasteiger partial charge in [0.05, 0.1) is 11.0 Å². The minimum Gasteiger partial charge on any atom is -0.409 e. The Labute approximate surface area is 104 Å². The predicted molar refractivity (Wildman–Crippen MR) is 66.4 cm³/mol. The van der Waals surface area contributed by atoms with Crippen molar-refractivity contribution in [3.8, 4) is 0 Å². The third kappa shape index (κ3) is 3.42. The molecule has 0 saturated heterocycles. The summed E-state index contributed by atoms with van der Waals surface area (Å²) in [5.74, 6) is -0.311. The fourth-order valence-corrected chi connectivity index (χ4v) is 1.92. The number of nitrogens with zero attached hydrogens (tertiary/aromatic N) is 2. The molecule has 0 aromatic carbocycles. The van der Waals surface area contributed by atoms with Gasteiger partial charge in [-0.05, 0) is 12.8 Å². The molecule has 94 valence electrons. The zero-order valence-corrected chi connectivity index (χ0v) is 10.8. The average Bonchev–Trinajstić information content (AvgIpc) is 2.71. The second-order valence-corrected chi connectivity index (χ2v) is 5.03. The highest BCUT2D eigenvalue weighted by Gasteiger charge is 2.22. The molecule has 1 unspecified atom stereocenters. The van der Waals surface area contributed by atoms with E-state index in [4.69, 9.17) is 10.9 Å². The van der Waals surface area contributed by atoms with Crippen molar-refractivity contribution in [2.24, 2.45) is 16.8 Å². The number of nitrogens with two attached hydrogens (primary N) is 1. The van der Waals surface area contributed by atoms with Crippen LogP contribution in [0.2, 0.25) is 0 Å². The van der Waals surface area contributed by atoms with Gasteiger partial charge in [0.1, 0.15) is 5.69 Å². The van der Waals surface area contributed by atoms with Crippen LogP contribution in [-0.4, -0.2) is 28.0 Å². The predicted octanol–water partition coefficient (Wildman–Crippen LogP) is 0.952. The fourth-order valence-electron chi connectivity index (χ4n) is 1.33. The highest BCUT2D eigenvalue weighted by Crippen LogP contribution is 2.09. The molecule has 0 aliphatic rings. The number of nitrogens with one attached hydrogen (secondary N) is 1. The van der Waals surface area contributed by atoms with Gasteiger partial charge >= 0.3 is 0 Å². The van der Waals surface area contributed by atoms with Crippen LogP contribution in [0.5, 0.6) is 0 Å². The molecule has 1 amide bonds. The van der Waals surface area contributed by atoms with Crippen LogP contribution in [0.25, 0.3) is 0 Å². The third-order valence-electron chi connectivity index (χ3n) is 2.24. The Bertz CT molecular complexity index is 428. The highest BCUT2D eigenvalue weighted by molar-refractivity contribution is 7.09. The fraction of sp³-hybridized carbons (Fsp3) is 0.500. The van der Waals surface area contributed by atoms with Crippen LogP contribution in [-0.2, 0) is 0 Å². The van der Waals surface area contributed by atoms with E-state index in [1.807, 2.05) is 20.8 Å². The first kappa shape index (κ1) is 13.4.